The van der Waals surface area contributed by atoms with Gasteiger partial charge < -0.3 is 4.42 Å². The number of nitrogens with zero attached hydrogens (tertiary/aromatic N) is 6. The van der Waals surface area contributed by atoms with E-state index in [0.29, 0.717) is 23.6 Å². The minimum atomic E-state index is 0.492. The van der Waals surface area contributed by atoms with E-state index in [1.54, 1.807) is 0 Å². The van der Waals surface area contributed by atoms with Crippen molar-refractivity contribution in [3.63, 3.8) is 0 Å². The summed E-state index contributed by atoms with van der Waals surface area (Å²) in [6.45, 7) is 0. The lowest BCUT2D eigenvalue weighted by molar-refractivity contribution is 0.574. The second-order valence-electron chi connectivity index (χ2n) is 13.1. The van der Waals surface area contributed by atoms with Crippen molar-refractivity contribution in [1.29, 1.82) is 0 Å². The number of benzene rings is 7. The molecule has 0 spiro atoms. The van der Waals surface area contributed by atoms with E-state index >= 15 is 0 Å². The molecule has 4 heterocycles. The van der Waals surface area contributed by atoms with Crippen LogP contribution in [-0.4, -0.2) is 29.1 Å². The molecular formula is C46H28N6O. The summed E-state index contributed by atoms with van der Waals surface area (Å²) in [6, 6.07) is 58.5. The molecule has 0 atom stereocenters. The number of fused-ring (bicyclic) bond motifs is 8. The zero-order chi connectivity index (χ0) is 34.9. The van der Waals surface area contributed by atoms with Gasteiger partial charge in [0.1, 0.15) is 5.52 Å². The topological polar surface area (TPSA) is 74.6 Å². The predicted molar refractivity (Wildman–Crippen MR) is 212 cm³/mol. The molecule has 0 aliphatic carbocycles. The largest absolute Gasteiger partial charge is 0.423 e. The zero-order valence-electron chi connectivity index (χ0n) is 28.3. The average molecular weight is 681 g/mol. The predicted octanol–water partition coefficient (Wildman–Crippen LogP) is 11.2. The van der Waals surface area contributed by atoms with E-state index in [1.165, 1.54) is 0 Å². The molecule has 4 aromatic heterocycles. The number of rotatable bonds is 5. The summed E-state index contributed by atoms with van der Waals surface area (Å²) in [5.41, 5.74) is 9.44. The van der Waals surface area contributed by atoms with Gasteiger partial charge in [-0.3, -0.25) is 9.13 Å². The summed E-state index contributed by atoms with van der Waals surface area (Å²) in [5.74, 6) is 1.72. The lowest BCUT2D eigenvalue weighted by Gasteiger charge is -2.12. The van der Waals surface area contributed by atoms with Crippen LogP contribution < -0.4 is 0 Å². The van der Waals surface area contributed by atoms with E-state index in [0.717, 1.165) is 77.0 Å². The van der Waals surface area contributed by atoms with Crippen LogP contribution in [0.2, 0.25) is 0 Å². The van der Waals surface area contributed by atoms with E-state index in [2.05, 4.69) is 94.1 Å². The van der Waals surface area contributed by atoms with Crippen molar-refractivity contribution in [2.24, 2.45) is 0 Å². The van der Waals surface area contributed by atoms with E-state index in [-0.39, 0.29) is 0 Å². The van der Waals surface area contributed by atoms with Crippen LogP contribution in [0.4, 0.5) is 0 Å². The first-order valence-electron chi connectivity index (χ1n) is 17.6. The summed E-state index contributed by atoms with van der Waals surface area (Å²) in [5, 5.41) is 4.33. The Bertz CT molecular complexity index is 3100. The Labute approximate surface area is 303 Å². The molecule has 0 radical (unpaired) electrons. The van der Waals surface area contributed by atoms with Crippen molar-refractivity contribution in [1.82, 2.24) is 29.1 Å². The summed E-state index contributed by atoms with van der Waals surface area (Å²) in [7, 11) is 0. The number of hydrogen-bond donors (Lipinski definition) is 0. The third-order valence-corrected chi connectivity index (χ3v) is 10.0. The maximum atomic E-state index is 6.64. The van der Waals surface area contributed by atoms with Crippen molar-refractivity contribution in [3.8, 4) is 45.9 Å². The van der Waals surface area contributed by atoms with Gasteiger partial charge in [-0.1, -0.05) is 146 Å². The lowest BCUT2D eigenvalue weighted by atomic mass is 10.1. The van der Waals surface area contributed by atoms with Crippen LogP contribution in [-0.2, 0) is 0 Å². The third-order valence-electron chi connectivity index (χ3n) is 10.0. The Morgan fingerprint density at radius 2 is 0.887 bits per heavy atom. The van der Waals surface area contributed by atoms with Crippen LogP contribution >= 0.6 is 0 Å². The number of hydrogen-bond acceptors (Lipinski definition) is 5. The fourth-order valence-corrected chi connectivity index (χ4v) is 7.63. The van der Waals surface area contributed by atoms with Gasteiger partial charge in [-0.05, 0) is 35.4 Å². The highest BCUT2D eigenvalue weighted by Gasteiger charge is 2.25. The fraction of sp³-hybridized carbons (Fsp3) is 0. The molecule has 7 nitrogen and oxygen atoms in total. The minimum Gasteiger partial charge on any atom is -0.423 e. The molecule has 0 bridgehead atoms. The second-order valence-corrected chi connectivity index (χ2v) is 13.1. The highest BCUT2D eigenvalue weighted by Crippen LogP contribution is 2.42. The van der Waals surface area contributed by atoms with Gasteiger partial charge >= 0.3 is 6.01 Å². The van der Waals surface area contributed by atoms with Gasteiger partial charge in [-0.2, -0.15) is 15.0 Å². The summed E-state index contributed by atoms with van der Waals surface area (Å²) in [4.78, 5) is 20.6. The molecule has 11 aromatic rings. The van der Waals surface area contributed by atoms with Crippen molar-refractivity contribution >= 4 is 54.7 Å². The number of para-hydroxylation sites is 2. The van der Waals surface area contributed by atoms with Crippen LogP contribution in [0.1, 0.15) is 0 Å². The molecule has 248 valence electrons. The Morgan fingerprint density at radius 1 is 0.377 bits per heavy atom. The molecule has 7 aromatic carbocycles. The normalized spacial score (nSPS) is 11.8. The molecule has 53 heavy (non-hydrogen) atoms. The Morgan fingerprint density at radius 3 is 1.49 bits per heavy atom. The first kappa shape index (κ1) is 29.4. The van der Waals surface area contributed by atoms with E-state index in [1.807, 2.05) is 84.9 Å². The van der Waals surface area contributed by atoms with Crippen LogP contribution in [0, 0.1) is 0 Å². The van der Waals surface area contributed by atoms with Gasteiger partial charge in [0.15, 0.2) is 17.2 Å². The fourth-order valence-electron chi connectivity index (χ4n) is 7.63. The Kier molecular flexibility index (Phi) is 6.42. The molecule has 0 aliphatic rings. The summed E-state index contributed by atoms with van der Waals surface area (Å²) >= 11 is 0. The SMILES string of the molecule is c1ccc(-c2ccc3oc(-n4c5ccccc5c5ccc6c7ccccc7n(-c7nc(-c8ccccc8)nc(-c8ccccc8)n7)c6c54)nc3c2)cc1. The smallest absolute Gasteiger partial charge is 0.307 e. The molecule has 0 N–H and O–H groups in total. The highest BCUT2D eigenvalue weighted by molar-refractivity contribution is 6.23. The zero-order valence-corrected chi connectivity index (χ0v) is 28.3. The van der Waals surface area contributed by atoms with Gasteiger partial charge in [-0.15, -0.1) is 0 Å². The maximum Gasteiger partial charge on any atom is 0.307 e. The molecule has 11 rings (SSSR count). The average Bonchev–Trinajstić information content (AvgIpc) is 3.91. The van der Waals surface area contributed by atoms with Crippen molar-refractivity contribution in [2.45, 2.75) is 0 Å². The van der Waals surface area contributed by atoms with E-state index < -0.39 is 0 Å². The van der Waals surface area contributed by atoms with Gasteiger partial charge in [0.2, 0.25) is 5.95 Å². The van der Waals surface area contributed by atoms with Crippen molar-refractivity contribution in [3.05, 3.63) is 170 Å². The minimum absolute atomic E-state index is 0.492. The standard InChI is InChI=1S/C46H28N6O/c1-4-14-29(15-5-1)32-24-27-40-37(28-32)47-46(53-40)52-39-23-13-11-21-34(39)36-26-25-35-33-20-10-12-22-38(33)51(41(35)42(36)52)45-49-43(30-16-6-2-7-17-30)48-44(50-45)31-18-8-3-9-19-31/h1-28H. The van der Waals surface area contributed by atoms with Crippen LogP contribution in [0.25, 0.3) is 101 Å². The molecule has 7 heteroatoms. The summed E-state index contributed by atoms with van der Waals surface area (Å²) in [6.07, 6.45) is 0. The third kappa shape index (κ3) is 4.61. The van der Waals surface area contributed by atoms with E-state index in [4.69, 9.17) is 24.4 Å². The summed E-state index contributed by atoms with van der Waals surface area (Å²) < 4.78 is 11.0. The van der Waals surface area contributed by atoms with Gasteiger partial charge in [0.25, 0.3) is 0 Å². The lowest BCUT2D eigenvalue weighted by Crippen LogP contribution is -2.07. The van der Waals surface area contributed by atoms with E-state index in [9.17, 15) is 0 Å². The van der Waals surface area contributed by atoms with Crippen LogP contribution in [0.3, 0.4) is 0 Å². The molecule has 0 saturated carbocycles. The second kappa shape index (κ2) is 11.6. The van der Waals surface area contributed by atoms with Crippen molar-refractivity contribution in [2.75, 3.05) is 0 Å². The molecule has 0 amide bonds. The van der Waals surface area contributed by atoms with Crippen LogP contribution in [0.15, 0.2) is 174 Å². The van der Waals surface area contributed by atoms with Crippen LogP contribution in [0.5, 0.6) is 0 Å². The monoisotopic (exact) mass is 680 g/mol. The quantitative estimate of drug-likeness (QED) is 0.181. The Hall–Kier alpha value is -7.38. The molecule has 0 unspecified atom stereocenters. The maximum absolute atomic E-state index is 6.64. The first-order valence-corrected chi connectivity index (χ1v) is 17.6. The van der Waals surface area contributed by atoms with Gasteiger partial charge in [0, 0.05) is 32.7 Å². The highest BCUT2D eigenvalue weighted by atomic mass is 16.4. The van der Waals surface area contributed by atoms with Gasteiger partial charge in [-0.25, -0.2) is 4.98 Å². The molecular weight excluding hydrogens is 653 g/mol. The first-order chi connectivity index (χ1) is 26.3. The molecule has 0 aliphatic heterocycles. The number of aromatic nitrogens is 6. The van der Waals surface area contributed by atoms with Gasteiger partial charge in [0.05, 0.1) is 22.1 Å². The molecule has 0 fully saturated rings. The van der Waals surface area contributed by atoms with Crippen molar-refractivity contribution < 1.29 is 4.42 Å². The molecule has 0 saturated heterocycles. The number of oxazole rings is 1. The Balaban J connectivity index is 1.25.